The summed E-state index contributed by atoms with van der Waals surface area (Å²) in [5.74, 6) is 1.89. The Balaban J connectivity index is 1.48. The standard InChI is InChI=1S/C17H16Cl2N2OS/c18-12-3-4-13-14(7-12)23-16(15(13)19)17(22)21-20-8-11-6-9-1-2-10(11)5-9/h3-4,7-11H,1-2,5-6H2,(H,21,22)/b20-8-/t9-,10-,11+/m1/s1. The lowest BCUT2D eigenvalue weighted by Crippen LogP contribution is -2.19. The zero-order valence-electron chi connectivity index (χ0n) is 12.4. The van der Waals surface area contributed by atoms with Gasteiger partial charge in [-0.05, 0) is 49.1 Å². The first kappa shape index (κ1) is 15.4. The van der Waals surface area contributed by atoms with Crippen molar-refractivity contribution in [2.45, 2.75) is 25.7 Å². The van der Waals surface area contributed by atoms with Crippen LogP contribution in [0.1, 0.15) is 35.4 Å². The van der Waals surface area contributed by atoms with Gasteiger partial charge in [-0.15, -0.1) is 11.3 Å². The summed E-state index contributed by atoms with van der Waals surface area (Å²) in [5, 5.41) is 6.13. The molecule has 2 aromatic rings. The summed E-state index contributed by atoms with van der Waals surface area (Å²) in [5.41, 5.74) is 2.63. The third kappa shape index (κ3) is 2.88. The van der Waals surface area contributed by atoms with E-state index in [-0.39, 0.29) is 5.91 Å². The molecular weight excluding hydrogens is 351 g/mol. The third-order valence-corrected chi connectivity index (χ3v) is 6.91. The fourth-order valence-electron chi connectivity index (χ4n) is 3.90. The summed E-state index contributed by atoms with van der Waals surface area (Å²) in [6.07, 6.45) is 7.12. The van der Waals surface area contributed by atoms with Crippen LogP contribution in [0.4, 0.5) is 0 Å². The van der Waals surface area contributed by atoms with Gasteiger partial charge in [0, 0.05) is 21.3 Å². The number of thiophene rings is 1. The van der Waals surface area contributed by atoms with Crippen LogP contribution < -0.4 is 5.43 Å². The molecule has 1 aromatic heterocycles. The second-order valence-electron chi connectivity index (χ2n) is 6.44. The molecule has 2 fully saturated rings. The van der Waals surface area contributed by atoms with Crippen LogP contribution in [-0.2, 0) is 0 Å². The largest absolute Gasteiger partial charge is 0.282 e. The maximum absolute atomic E-state index is 12.3. The number of hydrogen-bond donors (Lipinski definition) is 1. The van der Waals surface area contributed by atoms with Gasteiger partial charge >= 0.3 is 0 Å². The molecule has 1 N–H and O–H groups in total. The van der Waals surface area contributed by atoms with Gasteiger partial charge in [-0.3, -0.25) is 4.79 Å². The molecule has 0 aliphatic heterocycles. The first-order valence-electron chi connectivity index (χ1n) is 7.83. The van der Waals surface area contributed by atoms with E-state index in [1.165, 1.54) is 37.0 Å². The van der Waals surface area contributed by atoms with Gasteiger partial charge in [-0.1, -0.05) is 35.7 Å². The molecule has 1 aromatic carbocycles. The summed E-state index contributed by atoms with van der Waals surface area (Å²) in [7, 11) is 0. The van der Waals surface area contributed by atoms with Crippen LogP contribution in [0.5, 0.6) is 0 Å². The number of fused-ring (bicyclic) bond motifs is 3. The number of hydrogen-bond acceptors (Lipinski definition) is 3. The summed E-state index contributed by atoms with van der Waals surface area (Å²) in [6, 6.07) is 5.44. The Kier molecular flexibility index (Phi) is 4.08. The Morgan fingerprint density at radius 2 is 2.17 bits per heavy atom. The lowest BCUT2D eigenvalue weighted by atomic mass is 9.90. The van der Waals surface area contributed by atoms with Crippen molar-refractivity contribution in [3.05, 3.63) is 33.1 Å². The van der Waals surface area contributed by atoms with Crippen molar-refractivity contribution >= 4 is 56.7 Å². The summed E-state index contributed by atoms with van der Waals surface area (Å²) in [6.45, 7) is 0. The predicted molar refractivity (Wildman–Crippen MR) is 96.7 cm³/mol. The maximum atomic E-state index is 12.3. The molecule has 0 radical (unpaired) electrons. The zero-order valence-corrected chi connectivity index (χ0v) is 14.7. The van der Waals surface area contributed by atoms with E-state index >= 15 is 0 Å². The van der Waals surface area contributed by atoms with Crippen molar-refractivity contribution in [2.24, 2.45) is 22.9 Å². The second kappa shape index (κ2) is 6.08. The fraction of sp³-hybridized carbons (Fsp3) is 0.412. The molecule has 23 heavy (non-hydrogen) atoms. The number of nitrogens with zero attached hydrogens (tertiary/aromatic N) is 1. The molecule has 2 aliphatic rings. The molecule has 2 aliphatic carbocycles. The third-order valence-electron chi connectivity index (χ3n) is 5.02. The van der Waals surface area contributed by atoms with E-state index in [0.29, 0.717) is 20.8 Å². The van der Waals surface area contributed by atoms with Gasteiger partial charge in [0.2, 0.25) is 0 Å². The molecule has 120 valence electrons. The fourth-order valence-corrected chi connectivity index (χ4v) is 5.59. The molecule has 0 spiro atoms. The smallest absolute Gasteiger partial charge is 0.266 e. The number of benzene rings is 1. The van der Waals surface area contributed by atoms with E-state index in [4.69, 9.17) is 23.2 Å². The van der Waals surface area contributed by atoms with Crippen LogP contribution in [0.2, 0.25) is 10.0 Å². The Morgan fingerprint density at radius 1 is 1.30 bits per heavy atom. The Bertz CT molecular complexity index is 801. The zero-order chi connectivity index (χ0) is 16.0. The van der Waals surface area contributed by atoms with E-state index in [1.807, 2.05) is 18.3 Å². The normalized spacial score (nSPS) is 26.4. The van der Waals surface area contributed by atoms with Gasteiger partial charge in [0.15, 0.2) is 0 Å². The molecule has 2 saturated carbocycles. The number of nitrogens with one attached hydrogen (secondary N) is 1. The highest BCUT2D eigenvalue weighted by Gasteiger charge is 2.38. The number of amides is 1. The Hall–Kier alpha value is -1.10. The highest BCUT2D eigenvalue weighted by Crippen LogP contribution is 2.47. The van der Waals surface area contributed by atoms with Gasteiger partial charge in [0.1, 0.15) is 4.88 Å². The highest BCUT2D eigenvalue weighted by molar-refractivity contribution is 7.21. The van der Waals surface area contributed by atoms with E-state index in [0.717, 1.165) is 21.9 Å². The molecule has 1 heterocycles. The summed E-state index contributed by atoms with van der Waals surface area (Å²) < 4.78 is 0.907. The number of rotatable bonds is 3. The van der Waals surface area contributed by atoms with Gasteiger partial charge in [-0.25, -0.2) is 5.43 Å². The summed E-state index contributed by atoms with van der Waals surface area (Å²) >= 11 is 13.6. The van der Waals surface area contributed by atoms with Crippen LogP contribution >= 0.6 is 34.5 Å². The van der Waals surface area contributed by atoms with Crippen molar-refractivity contribution in [1.82, 2.24) is 5.43 Å². The average Bonchev–Trinajstić information content (AvgIpc) is 3.22. The van der Waals surface area contributed by atoms with Crippen LogP contribution in [-0.4, -0.2) is 12.1 Å². The molecule has 0 unspecified atom stereocenters. The minimum absolute atomic E-state index is 0.258. The first-order valence-corrected chi connectivity index (χ1v) is 9.40. The molecule has 6 heteroatoms. The van der Waals surface area contributed by atoms with Gasteiger partial charge in [-0.2, -0.15) is 5.10 Å². The first-order chi connectivity index (χ1) is 11.1. The Morgan fingerprint density at radius 3 is 2.91 bits per heavy atom. The van der Waals surface area contributed by atoms with E-state index in [2.05, 4.69) is 10.5 Å². The SMILES string of the molecule is O=C(N/N=C\[C@@H]1C[C@@H]2CC[C@@H]1C2)c1sc2cc(Cl)ccc2c1Cl. The van der Waals surface area contributed by atoms with Crippen LogP contribution in [0.15, 0.2) is 23.3 Å². The molecule has 4 rings (SSSR count). The van der Waals surface area contributed by atoms with Gasteiger partial charge in [0.05, 0.1) is 5.02 Å². The number of carbonyl (C=O) groups excluding carboxylic acids is 1. The molecule has 1 amide bonds. The van der Waals surface area contributed by atoms with Crippen LogP contribution in [0.3, 0.4) is 0 Å². The van der Waals surface area contributed by atoms with E-state index < -0.39 is 0 Å². The van der Waals surface area contributed by atoms with E-state index in [1.54, 1.807) is 6.07 Å². The molecule has 2 bridgehead atoms. The van der Waals surface area contributed by atoms with Gasteiger partial charge < -0.3 is 0 Å². The van der Waals surface area contributed by atoms with Crippen molar-refractivity contribution in [1.29, 1.82) is 0 Å². The monoisotopic (exact) mass is 366 g/mol. The lowest BCUT2D eigenvalue weighted by Gasteiger charge is -2.16. The van der Waals surface area contributed by atoms with Crippen molar-refractivity contribution in [2.75, 3.05) is 0 Å². The Labute approximate surface area is 148 Å². The minimum Gasteiger partial charge on any atom is -0.266 e. The summed E-state index contributed by atoms with van der Waals surface area (Å²) in [4.78, 5) is 12.8. The molecular formula is C17H16Cl2N2OS. The topological polar surface area (TPSA) is 41.5 Å². The van der Waals surface area contributed by atoms with Gasteiger partial charge in [0.25, 0.3) is 5.91 Å². The molecule has 0 saturated heterocycles. The molecule has 3 atom stereocenters. The van der Waals surface area contributed by atoms with Crippen LogP contribution in [0.25, 0.3) is 10.1 Å². The second-order valence-corrected chi connectivity index (χ2v) is 8.31. The van der Waals surface area contributed by atoms with Crippen molar-refractivity contribution in [3.8, 4) is 0 Å². The number of carbonyl (C=O) groups is 1. The highest BCUT2D eigenvalue weighted by atomic mass is 35.5. The number of hydrazone groups is 1. The number of halogens is 2. The van der Waals surface area contributed by atoms with Crippen molar-refractivity contribution < 1.29 is 4.79 Å². The predicted octanol–water partition coefficient (Wildman–Crippen LogP) is 5.36. The quantitative estimate of drug-likeness (QED) is 0.576. The van der Waals surface area contributed by atoms with Crippen LogP contribution in [0, 0.1) is 17.8 Å². The lowest BCUT2D eigenvalue weighted by molar-refractivity contribution is 0.0959. The maximum Gasteiger partial charge on any atom is 0.282 e. The van der Waals surface area contributed by atoms with E-state index in [9.17, 15) is 4.79 Å². The minimum atomic E-state index is -0.258. The average molecular weight is 367 g/mol. The molecule has 3 nitrogen and oxygen atoms in total. The van der Waals surface area contributed by atoms with Crippen molar-refractivity contribution in [3.63, 3.8) is 0 Å².